The molecular formula is C19H21Cl2N3O3S. The van der Waals surface area contributed by atoms with Crippen LogP contribution in [0.15, 0.2) is 53.4 Å². The molecule has 1 fully saturated rings. The fourth-order valence-electron chi connectivity index (χ4n) is 3.12. The van der Waals surface area contributed by atoms with Crippen LogP contribution in [-0.4, -0.2) is 55.8 Å². The second-order valence-corrected chi connectivity index (χ2v) is 9.21. The molecule has 2 aromatic carbocycles. The summed E-state index contributed by atoms with van der Waals surface area (Å²) in [5.74, 6) is -0.128. The number of sulfonamides is 1. The summed E-state index contributed by atoms with van der Waals surface area (Å²) < 4.78 is 27.2. The van der Waals surface area contributed by atoms with Crippen LogP contribution in [0.2, 0.25) is 10.0 Å². The predicted octanol–water partition coefficient (Wildman–Crippen LogP) is 3.33. The zero-order chi connectivity index (χ0) is 20.3. The number of anilines is 1. The number of halogens is 2. The summed E-state index contributed by atoms with van der Waals surface area (Å²) >= 11 is 12.2. The predicted molar refractivity (Wildman–Crippen MR) is 111 cm³/mol. The summed E-state index contributed by atoms with van der Waals surface area (Å²) in [5, 5.41) is 3.08. The van der Waals surface area contributed by atoms with Gasteiger partial charge in [-0.2, -0.15) is 4.31 Å². The summed E-state index contributed by atoms with van der Waals surface area (Å²) in [6.07, 6.45) is 0. The molecule has 1 amide bonds. The second-order valence-electron chi connectivity index (χ2n) is 6.52. The Kier molecular flexibility index (Phi) is 6.62. The molecule has 28 heavy (non-hydrogen) atoms. The van der Waals surface area contributed by atoms with Gasteiger partial charge < -0.3 is 5.32 Å². The van der Waals surface area contributed by atoms with E-state index in [-0.39, 0.29) is 40.0 Å². The zero-order valence-electron chi connectivity index (χ0n) is 15.3. The van der Waals surface area contributed by atoms with E-state index in [4.69, 9.17) is 23.2 Å². The fraction of sp³-hybridized carbons (Fsp3) is 0.316. The van der Waals surface area contributed by atoms with Gasteiger partial charge in [-0.15, -0.1) is 0 Å². The van der Waals surface area contributed by atoms with Crippen LogP contribution >= 0.6 is 23.2 Å². The molecule has 1 N–H and O–H groups in total. The van der Waals surface area contributed by atoms with E-state index in [1.165, 1.54) is 16.4 Å². The molecule has 0 saturated carbocycles. The molecule has 1 unspecified atom stereocenters. The van der Waals surface area contributed by atoms with Gasteiger partial charge in [0.2, 0.25) is 15.9 Å². The maximum Gasteiger partial charge on any atom is 0.246 e. The Bertz CT molecular complexity index is 926. The smallest absolute Gasteiger partial charge is 0.246 e. The lowest BCUT2D eigenvalue weighted by molar-refractivity contribution is -0.121. The summed E-state index contributed by atoms with van der Waals surface area (Å²) in [6.45, 7) is 3.20. The molecule has 0 radical (unpaired) electrons. The number of hydrogen-bond donors (Lipinski definition) is 1. The van der Waals surface area contributed by atoms with Crippen molar-refractivity contribution in [3.8, 4) is 0 Å². The van der Waals surface area contributed by atoms with Crippen LogP contribution in [0.3, 0.4) is 0 Å². The van der Waals surface area contributed by atoms with Crippen molar-refractivity contribution >= 4 is 44.8 Å². The first kappa shape index (κ1) is 21.1. The number of carbonyl (C=O) groups is 1. The molecule has 1 aliphatic rings. The average molecular weight is 442 g/mol. The summed E-state index contributed by atoms with van der Waals surface area (Å²) in [5.41, 5.74) is 0.730. The van der Waals surface area contributed by atoms with Gasteiger partial charge in [0, 0.05) is 31.9 Å². The van der Waals surface area contributed by atoms with Gasteiger partial charge in [0.15, 0.2) is 0 Å². The van der Waals surface area contributed by atoms with Gasteiger partial charge in [0.05, 0.1) is 16.1 Å². The Morgan fingerprint density at radius 3 is 2.11 bits per heavy atom. The molecule has 1 atom stereocenters. The monoisotopic (exact) mass is 441 g/mol. The highest BCUT2D eigenvalue weighted by atomic mass is 35.5. The third-order valence-electron chi connectivity index (χ3n) is 4.76. The molecular weight excluding hydrogens is 421 g/mol. The van der Waals surface area contributed by atoms with Crippen molar-refractivity contribution in [2.24, 2.45) is 0 Å². The summed E-state index contributed by atoms with van der Waals surface area (Å²) in [4.78, 5) is 14.4. The quantitative estimate of drug-likeness (QED) is 0.772. The van der Waals surface area contributed by atoms with Gasteiger partial charge in [0.25, 0.3) is 0 Å². The van der Waals surface area contributed by atoms with Crippen LogP contribution < -0.4 is 5.32 Å². The lowest BCUT2D eigenvalue weighted by Crippen LogP contribution is -2.54. The first-order valence-electron chi connectivity index (χ1n) is 8.85. The van der Waals surface area contributed by atoms with E-state index in [2.05, 4.69) is 5.32 Å². The third kappa shape index (κ3) is 4.50. The lowest BCUT2D eigenvalue weighted by atomic mass is 10.2. The fourth-order valence-corrected chi connectivity index (χ4v) is 5.64. The lowest BCUT2D eigenvalue weighted by Gasteiger charge is -2.36. The van der Waals surface area contributed by atoms with Crippen LogP contribution in [0.5, 0.6) is 0 Å². The molecule has 0 aliphatic carbocycles. The minimum Gasteiger partial charge on any atom is -0.325 e. The van der Waals surface area contributed by atoms with E-state index < -0.39 is 10.0 Å². The zero-order valence-corrected chi connectivity index (χ0v) is 17.6. The van der Waals surface area contributed by atoms with Gasteiger partial charge in [-0.3, -0.25) is 9.69 Å². The van der Waals surface area contributed by atoms with Crippen LogP contribution in [0.25, 0.3) is 0 Å². The number of para-hydroxylation sites is 1. The number of benzene rings is 2. The Morgan fingerprint density at radius 2 is 1.54 bits per heavy atom. The number of piperazine rings is 1. The largest absolute Gasteiger partial charge is 0.325 e. The maximum atomic E-state index is 12.9. The number of rotatable bonds is 5. The number of carbonyl (C=O) groups excluding carboxylic acids is 1. The topological polar surface area (TPSA) is 69.7 Å². The Morgan fingerprint density at radius 1 is 0.964 bits per heavy atom. The van der Waals surface area contributed by atoms with Crippen LogP contribution in [0.1, 0.15) is 6.92 Å². The first-order valence-corrected chi connectivity index (χ1v) is 11.0. The van der Waals surface area contributed by atoms with Crippen molar-refractivity contribution in [3.05, 3.63) is 58.6 Å². The highest BCUT2D eigenvalue weighted by molar-refractivity contribution is 7.89. The van der Waals surface area contributed by atoms with Gasteiger partial charge in [0.1, 0.15) is 4.90 Å². The van der Waals surface area contributed by atoms with Crippen molar-refractivity contribution < 1.29 is 13.2 Å². The maximum absolute atomic E-state index is 12.9. The van der Waals surface area contributed by atoms with Crippen molar-refractivity contribution in [3.63, 3.8) is 0 Å². The van der Waals surface area contributed by atoms with E-state index in [9.17, 15) is 13.2 Å². The minimum absolute atomic E-state index is 0.0679. The first-order chi connectivity index (χ1) is 13.3. The normalized spacial score (nSPS) is 17.2. The van der Waals surface area contributed by atoms with Gasteiger partial charge in [-0.05, 0) is 31.2 Å². The molecule has 0 aromatic heterocycles. The molecule has 1 aliphatic heterocycles. The molecule has 150 valence electrons. The van der Waals surface area contributed by atoms with E-state index >= 15 is 0 Å². The van der Waals surface area contributed by atoms with Crippen LogP contribution in [0, 0.1) is 0 Å². The second kappa shape index (κ2) is 8.80. The van der Waals surface area contributed by atoms with Gasteiger partial charge >= 0.3 is 0 Å². The molecule has 0 spiro atoms. The van der Waals surface area contributed by atoms with E-state index in [1.54, 1.807) is 6.07 Å². The number of hydrogen-bond acceptors (Lipinski definition) is 4. The number of amides is 1. The average Bonchev–Trinajstić information content (AvgIpc) is 2.68. The number of nitrogens with one attached hydrogen (secondary N) is 1. The highest BCUT2D eigenvalue weighted by Gasteiger charge is 2.34. The Balaban J connectivity index is 1.64. The van der Waals surface area contributed by atoms with Crippen molar-refractivity contribution in [1.82, 2.24) is 9.21 Å². The van der Waals surface area contributed by atoms with E-state index in [1.807, 2.05) is 42.2 Å². The SMILES string of the molecule is CC(C(=O)Nc1ccccc1)N1CCN(S(=O)(=O)c2c(Cl)cccc2Cl)CC1. The van der Waals surface area contributed by atoms with E-state index in [0.717, 1.165) is 5.69 Å². The van der Waals surface area contributed by atoms with Crippen molar-refractivity contribution in [2.75, 3.05) is 31.5 Å². The Labute approximate surface area is 175 Å². The Hall–Kier alpha value is -1.64. The molecule has 2 aromatic rings. The number of nitrogens with zero attached hydrogens (tertiary/aromatic N) is 2. The van der Waals surface area contributed by atoms with E-state index in [0.29, 0.717) is 13.1 Å². The molecule has 3 rings (SSSR count). The van der Waals surface area contributed by atoms with Crippen LogP contribution in [0.4, 0.5) is 5.69 Å². The van der Waals surface area contributed by atoms with Crippen molar-refractivity contribution in [1.29, 1.82) is 0 Å². The van der Waals surface area contributed by atoms with Gasteiger partial charge in [-0.25, -0.2) is 8.42 Å². The highest BCUT2D eigenvalue weighted by Crippen LogP contribution is 2.32. The molecule has 9 heteroatoms. The van der Waals surface area contributed by atoms with Crippen molar-refractivity contribution in [2.45, 2.75) is 17.9 Å². The molecule has 1 saturated heterocycles. The molecule has 0 bridgehead atoms. The third-order valence-corrected chi connectivity index (χ3v) is 7.61. The molecule has 6 nitrogen and oxygen atoms in total. The standard InChI is InChI=1S/C19H21Cl2N3O3S/c1-14(19(25)22-15-6-3-2-4-7-15)23-10-12-24(13-11-23)28(26,27)18-16(20)8-5-9-17(18)21/h2-9,14H,10-13H2,1H3,(H,22,25). The minimum atomic E-state index is -3.80. The summed E-state index contributed by atoms with van der Waals surface area (Å²) in [7, 11) is -3.80. The van der Waals surface area contributed by atoms with Gasteiger partial charge in [-0.1, -0.05) is 47.5 Å². The molecule has 1 heterocycles. The van der Waals surface area contributed by atoms with Crippen LogP contribution in [-0.2, 0) is 14.8 Å². The summed E-state index contributed by atoms with van der Waals surface area (Å²) in [6, 6.07) is 13.5.